The zero-order valence-electron chi connectivity index (χ0n) is 21.4. The van der Waals surface area contributed by atoms with Crippen molar-refractivity contribution in [3.8, 4) is 0 Å². The number of para-hydroxylation sites is 1. The molecular formula is C29H30N8. The molecule has 186 valence electrons. The van der Waals surface area contributed by atoms with Crippen molar-refractivity contribution in [2.75, 3.05) is 4.90 Å². The maximum Gasteiger partial charge on any atom is 0.171 e. The molecule has 8 heteroatoms. The Bertz CT molecular complexity index is 1610. The van der Waals surface area contributed by atoms with Crippen molar-refractivity contribution in [1.29, 1.82) is 0 Å². The van der Waals surface area contributed by atoms with Gasteiger partial charge in [0.15, 0.2) is 11.5 Å². The average molecular weight is 491 g/mol. The molecule has 0 radical (unpaired) electrons. The van der Waals surface area contributed by atoms with Gasteiger partial charge in [-0.2, -0.15) is 0 Å². The number of aromatic nitrogens is 7. The second-order valence-corrected chi connectivity index (χ2v) is 10.5. The molecule has 5 aromatic rings. The highest BCUT2D eigenvalue weighted by Crippen LogP contribution is 2.43. The first-order chi connectivity index (χ1) is 18.1. The smallest absolute Gasteiger partial charge is 0.171 e. The Balaban J connectivity index is 1.32. The van der Waals surface area contributed by atoms with Gasteiger partial charge in [0.2, 0.25) is 0 Å². The summed E-state index contributed by atoms with van der Waals surface area (Å²) in [4.78, 5) is 12.4. The number of rotatable bonds is 5. The predicted octanol–water partition coefficient (Wildman–Crippen LogP) is 5.48. The molecule has 7 rings (SSSR count). The summed E-state index contributed by atoms with van der Waals surface area (Å²) in [5, 5.41) is 14.9. The minimum absolute atomic E-state index is 0.0342. The van der Waals surface area contributed by atoms with Crippen LogP contribution in [-0.2, 0) is 19.4 Å². The number of anilines is 2. The van der Waals surface area contributed by atoms with Gasteiger partial charge < -0.3 is 9.47 Å². The molecule has 1 aliphatic carbocycles. The lowest BCUT2D eigenvalue weighted by atomic mass is 10.0. The van der Waals surface area contributed by atoms with Gasteiger partial charge in [-0.05, 0) is 97.3 Å². The number of fused-ring (bicyclic) bond motifs is 3. The maximum atomic E-state index is 5.07. The van der Waals surface area contributed by atoms with Crippen LogP contribution in [0.2, 0.25) is 0 Å². The fourth-order valence-electron chi connectivity index (χ4n) is 5.82. The largest absolute Gasteiger partial charge is 0.330 e. The van der Waals surface area contributed by atoms with E-state index in [0.717, 1.165) is 42.1 Å². The maximum absolute atomic E-state index is 5.07. The van der Waals surface area contributed by atoms with Crippen LogP contribution < -0.4 is 4.90 Å². The summed E-state index contributed by atoms with van der Waals surface area (Å²) in [7, 11) is 0. The molecule has 1 aliphatic heterocycles. The number of tetrazole rings is 1. The number of H-pyrrole nitrogens is 1. The summed E-state index contributed by atoms with van der Waals surface area (Å²) in [6.07, 6.45) is 4.40. The standard InChI is InChI=1S/C29H30N8/c1-17-14-18(2)30-29-26(17)31-28(22-10-11-22)36(29)16-20-8-13-25-23(15-20)12-9-21-6-4-5-7-24(21)37(25)19(3)27-32-34-35-33-27/h4-8,13-15,19,22H,9-12,16H2,1-3H3,(H,32,33,34,35). The summed E-state index contributed by atoms with van der Waals surface area (Å²) < 4.78 is 2.36. The Morgan fingerprint density at radius 3 is 2.59 bits per heavy atom. The van der Waals surface area contributed by atoms with Crippen molar-refractivity contribution in [3.63, 3.8) is 0 Å². The van der Waals surface area contributed by atoms with E-state index in [2.05, 4.69) is 99.4 Å². The van der Waals surface area contributed by atoms with Gasteiger partial charge in [0.05, 0.1) is 12.6 Å². The van der Waals surface area contributed by atoms with Gasteiger partial charge in [-0.3, -0.25) is 0 Å². The molecule has 2 aromatic carbocycles. The molecule has 4 heterocycles. The third kappa shape index (κ3) is 3.79. The van der Waals surface area contributed by atoms with E-state index in [1.165, 1.54) is 52.3 Å². The van der Waals surface area contributed by atoms with Gasteiger partial charge in [0.25, 0.3) is 0 Å². The second-order valence-electron chi connectivity index (χ2n) is 10.5. The van der Waals surface area contributed by atoms with Crippen molar-refractivity contribution in [1.82, 2.24) is 35.2 Å². The van der Waals surface area contributed by atoms with Gasteiger partial charge >= 0.3 is 0 Å². The molecule has 1 atom stereocenters. The van der Waals surface area contributed by atoms with Crippen LogP contribution in [0.15, 0.2) is 48.5 Å². The van der Waals surface area contributed by atoms with Crippen molar-refractivity contribution < 1.29 is 0 Å². The first-order valence-corrected chi connectivity index (χ1v) is 13.1. The number of imidazole rings is 1. The first-order valence-electron chi connectivity index (χ1n) is 13.1. The topological polar surface area (TPSA) is 88.4 Å². The van der Waals surface area contributed by atoms with Crippen LogP contribution in [0.1, 0.15) is 71.3 Å². The molecule has 0 saturated heterocycles. The summed E-state index contributed by atoms with van der Waals surface area (Å²) in [5.74, 6) is 2.49. The van der Waals surface area contributed by atoms with E-state index in [-0.39, 0.29) is 6.04 Å². The highest BCUT2D eigenvalue weighted by Gasteiger charge is 2.31. The molecule has 0 amide bonds. The van der Waals surface area contributed by atoms with Gasteiger partial charge in [0, 0.05) is 23.0 Å². The van der Waals surface area contributed by atoms with Crippen LogP contribution in [-0.4, -0.2) is 35.2 Å². The molecule has 1 unspecified atom stereocenters. The van der Waals surface area contributed by atoms with Crippen LogP contribution in [0.4, 0.5) is 11.4 Å². The molecule has 37 heavy (non-hydrogen) atoms. The van der Waals surface area contributed by atoms with E-state index in [0.29, 0.717) is 5.92 Å². The number of aryl methyl sites for hydroxylation is 4. The van der Waals surface area contributed by atoms with Crippen molar-refractivity contribution in [2.24, 2.45) is 0 Å². The average Bonchev–Trinajstić information content (AvgIpc) is 3.51. The Hall–Kier alpha value is -4.07. The highest BCUT2D eigenvalue weighted by atomic mass is 15.5. The molecular weight excluding hydrogens is 460 g/mol. The summed E-state index contributed by atoms with van der Waals surface area (Å²) >= 11 is 0. The van der Waals surface area contributed by atoms with E-state index < -0.39 is 0 Å². The van der Waals surface area contributed by atoms with E-state index >= 15 is 0 Å². The Kier molecular flexibility index (Phi) is 5.09. The summed E-state index contributed by atoms with van der Waals surface area (Å²) in [6.45, 7) is 7.14. The lowest BCUT2D eigenvalue weighted by molar-refractivity contribution is 0.710. The predicted molar refractivity (Wildman–Crippen MR) is 143 cm³/mol. The first kappa shape index (κ1) is 22.2. The minimum Gasteiger partial charge on any atom is -0.330 e. The van der Waals surface area contributed by atoms with Crippen LogP contribution >= 0.6 is 0 Å². The lowest BCUT2D eigenvalue weighted by Gasteiger charge is -2.31. The Labute approximate surface area is 215 Å². The zero-order chi connectivity index (χ0) is 25.1. The molecule has 2 aliphatic rings. The van der Waals surface area contributed by atoms with Crippen molar-refractivity contribution in [3.05, 3.63) is 88.1 Å². The van der Waals surface area contributed by atoms with Crippen LogP contribution in [0.3, 0.4) is 0 Å². The van der Waals surface area contributed by atoms with Crippen LogP contribution in [0.5, 0.6) is 0 Å². The molecule has 3 aromatic heterocycles. The number of hydrogen-bond acceptors (Lipinski definition) is 6. The lowest BCUT2D eigenvalue weighted by Crippen LogP contribution is -2.23. The number of benzene rings is 2. The van der Waals surface area contributed by atoms with Crippen LogP contribution in [0, 0.1) is 13.8 Å². The van der Waals surface area contributed by atoms with Gasteiger partial charge in [0.1, 0.15) is 11.3 Å². The second kappa shape index (κ2) is 8.50. The molecule has 1 N–H and O–H groups in total. The van der Waals surface area contributed by atoms with E-state index in [9.17, 15) is 0 Å². The molecule has 8 nitrogen and oxygen atoms in total. The number of nitrogens with zero attached hydrogens (tertiary/aromatic N) is 7. The monoisotopic (exact) mass is 490 g/mol. The Morgan fingerprint density at radius 1 is 0.973 bits per heavy atom. The van der Waals surface area contributed by atoms with Gasteiger partial charge in [-0.15, -0.1) is 5.10 Å². The number of aromatic amines is 1. The molecule has 1 fully saturated rings. The zero-order valence-corrected chi connectivity index (χ0v) is 21.4. The van der Waals surface area contributed by atoms with Crippen molar-refractivity contribution >= 4 is 22.5 Å². The van der Waals surface area contributed by atoms with Gasteiger partial charge in [-0.1, -0.05) is 30.3 Å². The number of nitrogens with one attached hydrogen (secondary N) is 1. The normalized spacial score (nSPS) is 15.9. The molecule has 0 spiro atoms. The third-order valence-electron chi connectivity index (χ3n) is 7.80. The third-order valence-corrected chi connectivity index (χ3v) is 7.80. The fourth-order valence-corrected chi connectivity index (χ4v) is 5.82. The number of pyridine rings is 1. The minimum atomic E-state index is -0.0342. The highest BCUT2D eigenvalue weighted by molar-refractivity contribution is 5.76. The van der Waals surface area contributed by atoms with Gasteiger partial charge in [-0.25, -0.2) is 15.1 Å². The quantitative estimate of drug-likeness (QED) is 0.351. The van der Waals surface area contributed by atoms with E-state index in [1.54, 1.807) is 0 Å². The SMILES string of the molecule is Cc1cc(C)c2nc(C3CC3)n(Cc3ccc4c(c3)CCc3ccccc3N4C(C)c3nnn[nH]3)c2n1. The summed E-state index contributed by atoms with van der Waals surface area (Å²) in [5.41, 5.74) is 10.7. The summed E-state index contributed by atoms with van der Waals surface area (Å²) in [6, 6.07) is 17.7. The van der Waals surface area contributed by atoms with E-state index in [4.69, 9.17) is 9.97 Å². The molecule has 1 saturated carbocycles. The van der Waals surface area contributed by atoms with E-state index in [1.807, 2.05) is 0 Å². The Morgan fingerprint density at radius 2 is 1.78 bits per heavy atom. The fraction of sp³-hybridized carbons (Fsp3) is 0.345. The number of hydrogen-bond donors (Lipinski definition) is 1. The van der Waals surface area contributed by atoms with Crippen LogP contribution in [0.25, 0.3) is 11.2 Å². The molecule has 0 bridgehead atoms. The van der Waals surface area contributed by atoms with Crippen molar-refractivity contribution in [2.45, 2.75) is 65.0 Å².